The van der Waals surface area contributed by atoms with Gasteiger partial charge in [-0.05, 0) is 68.0 Å². The molecule has 6 heteroatoms. The van der Waals surface area contributed by atoms with Crippen molar-refractivity contribution >= 4 is 28.5 Å². The Morgan fingerprint density at radius 3 is 2.57 bits per heavy atom. The average molecular weight is 518 g/mol. The maximum absolute atomic E-state index is 12.2. The third kappa shape index (κ3) is 7.83. The van der Waals surface area contributed by atoms with Crippen molar-refractivity contribution in [1.82, 2.24) is 14.9 Å². The highest BCUT2D eigenvalue weighted by atomic mass is 35.5. The third-order valence-corrected chi connectivity index (χ3v) is 6.94. The van der Waals surface area contributed by atoms with Gasteiger partial charge in [0, 0.05) is 24.5 Å². The van der Waals surface area contributed by atoms with Gasteiger partial charge in [0.2, 0.25) is 5.91 Å². The standard InChI is InChI=1S/C31H36ClN3O2/c1-24-13-4-9-18-29(24)37-22-12-11-21-35-28-17-8-7-16-27(28)34-30(35)19-3-2-10-20-33-31(36)23-25-14-5-6-15-26(25)32/h4-9,13-18H,2-3,10-12,19-23H2,1H3,(H,33,36). The van der Waals surface area contributed by atoms with Gasteiger partial charge >= 0.3 is 0 Å². The van der Waals surface area contributed by atoms with Gasteiger partial charge in [-0.25, -0.2) is 4.98 Å². The summed E-state index contributed by atoms with van der Waals surface area (Å²) < 4.78 is 8.34. The number of aromatic nitrogens is 2. The monoisotopic (exact) mass is 517 g/mol. The van der Waals surface area contributed by atoms with Gasteiger partial charge in [-0.3, -0.25) is 4.79 Å². The molecule has 0 unspecified atom stereocenters. The summed E-state index contributed by atoms with van der Waals surface area (Å²) in [5.74, 6) is 2.13. The van der Waals surface area contributed by atoms with E-state index in [1.807, 2.05) is 48.5 Å². The first-order chi connectivity index (χ1) is 18.1. The van der Waals surface area contributed by atoms with Gasteiger partial charge in [0.1, 0.15) is 11.6 Å². The highest BCUT2D eigenvalue weighted by molar-refractivity contribution is 6.31. The van der Waals surface area contributed by atoms with Gasteiger partial charge in [0.05, 0.1) is 24.1 Å². The van der Waals surface area contributed by atoms with Gasteiger partial charge in [-0.15, -0.1) is 0 Å². The lowest BCUT2D eigenvalue weighted by molar-refractivity contribution is -0.120. The molecule has 0 aliphatic rings. The first kappa shape index (κ1) is 26.7. The van der Waals surface area contributed by atoms with Gasteiger partial charge in [0.15, 0.2) is 0 Å². The largest absolute Gasteiger partial charge is 0.493 e. The second-order valence-corrected chi connectivity index (χ2v) is 9.83. The number of para-hydroxylation sites is 3. The summed E-state index contributed by atoms with van der Waals surface area (Å²) in [4.78, 5) is 17.1. The second kappa shape index (κ2) is 13.8. The molecule has 0 atom stereocenters. The number of carbonyl (C=O) groups excluding carboxylic acids is 1. The van der Waals surface area contributed by atoms with E-state index in [1.54, 1.807) is 0 Å². The quantitative estimate of drug-likeness (QED) is 0.184. The number of imidazole rings is 1. The van der Waals surface area contributed by atoms with Gasteiger partial charge in [0.25, 0.3) is 0 Å². The molecule has 1 N–H and O–H groups in total. The van der Waals surface area contributed by atoms with E-state index in [9.17, 15) is 4.79 Å². The summed E-state index contributed by atoms with van der Waals surface area (Å²) in [5, 5.41) is 3.65. The number of benzene rings is 3. The number of unbranched alkanes of at least 4 members (excludes halogenated alkanes) is 3. The molecule has 3 aromatic carbocycles. The van der Waals surface area contributed by atoms with E-state index < -0.39 is 0 Å². The zero-order valence-electron chi connectivity index (χ0n) is 21.6. The number of carbonyl (C=O) groups is 1. The Balaban J connectivity index is 1.20. The lowest BCUT2D eigenvalue weighted by Gasteiger charge is -2.11. The number of aryl methyl sites for hydroxylation is 3. The zero-order valence-corrected chi connectivity index (χ0v) is 22.3. The van der Waals surface area contributed by atoms with E-state index in [2.05, 4.69) is 41.1 Å². The van der Waals surface area contributed by atoms with Gasteiger partial charge in [-0.1, -0.05) is 66.6 Å². The molecule has 4 aromatic rings. The molecular formula is C31H36ClN3O2. The van der Waals surface area contributed by atoms with Crippen LogP contribution in [0.2, 0.25) is 5.02 Å². The maximum atomic E-state index is 12.2. The van der Waals surface area contributed by atoms with E-state index in [0.717, 1.165) is 74.3 Å². The van der Waals surface area contributed by atoms with Crippen LogP contribution in [0.15, 0.2) is 72.8 Å². The van der Waals surface area contributed by atoms with Crippen molar-refractivity contribution < 1.29 is 9.53 Å². The maximum Gasteiger partial charge on any atom is 0.224 e. The van der Waals surface area contributed by atoms with Crippen molar-refractivity contribution in [2.24, 2.45) is 0 Å². The van der Waals surface area contributed by atoms with Crippen LogP contribution in [0.3, 0.4) is 0 Å². The molecule has 0 fully saturated rings. The molecule has 0 saturated heterocycles. The van der Waals surface area contributed by atoms with Crippen LogP contribution in [0.5, 0.6) is 5.75 Å². The molecule has 1 heterocycles. The molecule has 0 spiro atoms. The van der Waals surface area contributed by atoms with Gasteiger partial charge in [-0.2, -0.15) is 0 Å². The molecule has 5 nitrogen and oxygen atoms in total. The number of rotatable bonds is 14. The van der Waals surface area contributed by atoms with Crippen molar-refractivity contribution in [1.29, 1.82) is 0 Å². The summed E-state index contributed by atoms with van der Waals surface area (Å²) in [7, 11) is 0. The summed E-state index contributed by atoms with van der Waals surface area (Å²) in [5.41, 5.74) is 4.29. The topological polar surface area (TPSA) is 56.1 Å². The van der Waals surface area contributed by atoms with E-state index >= 15 is 0 Å². The molecule has 0 radical (unpaired) electrons. The van der Waals surface area contributed by atoms with Crippen LogP contribution >= 0.6 is 11.6 Å². The zero-order chi connectivity index (χ0) is 25.9. The first-order valence-electron chi connectivity index (χ1n) is 13.2. The van der Waals surface area contributed by atoms with Crippen LogP contribution in [0.4, 0.5) is 0 Å². The fourth-order valence-corrected chi connectivity index (χ4v) is 4.73. The van der Waals surface area contributed by atoms with Crippen LogP contribution in [0.25, 0.3) is 11.0 Å². The molecular weight excluding hydrogens is 482 g/mol. The number of hydrogen-bond donors (Lipinski definition) is 1. The molecule has 0 aliphatic heterocycles. The summed E-state index contributed by atoms with van der Waals surface area (Å²) >= 11 is 6.16. The normalized spacial score (nSPS) is 11.1. The first-order valence-corrected chi connectivity index (χ1v) is 13.6. The molecule has 0 saturated carbocycles. The minimum atomic E-state index is 0.0151. The summed E-state index contributed by atoms with van der Waals surface area (Å²) in [6, 6.07) is 24.0. The van der Waals surface area contributed by atoms with E-state index in [1.165, 1.54) is 11.1 Å². The van der Waals surface area contributed by atoms with Crippen molar-refractivity contribution in [2.75, 3.05) is 13.2 Å². The Labute approximate surface area is 224 Å². The van der Waals surface area contributed by atoms with Crippen LogP contribution < -0.4 is 10.1 Å². The fraction of sp³-hybridized carbons (Fsp3) is 0.355. The summed E-state index contributed by atoms with van der Waals surface area (Å²) in [6.45, 7) is 4.41. The van der Waals surface area contributed by atoms with Crippen molar-refractivity contribution in [3.63, 3.8) is 0 Å². The predicted octanol–water partition coefficient (Wildman–Crippen LogP) is 6.93. The smallest absolute Gasteiger partial charge is 0.224 e. The number of nitrogens with one attached hydrogen (secondary N) is 1. The average Bonchev–Trinajstić information content (AvgIpc) is 3.25. The van der Waals surface area contributed by atoms with E-state index in [-0.39, 0.29) is 5.91 Å². The highest BCUT2D eigenvalue weighted by Gasteiger charge is 2.11. The molecule has 1 aromatic heterocycles. The van der Waals surface area contributed by atoms with Crippen molar-refractivity contribution in [3.05, 3.63) is 94.8 Å². The number of nitrogens with zero attached hydrogens (tertiary/aromatic N) is 2. The van der Waals surface area contributed by atoms with E-state index in [4.69, 9.17) is 21.3 Å². The SMILES string of the molecule is Cc1ccccc1OCCCCn1c(CCCCCNC(=O)Cc2ccccc2Cl)nc2ccccc21. The molecule has 1 amide bonds. The molecule has 37 heavy (non-hydrogen) atoms. The Bertz CT molecular complexity index is 1300. The Kier molecular flexibility index (Phi) is 10.0. The number of ether oxygens (including phenoxy) is 1. The van der Waals surface area contributed by atoms with E-state index in [0.29, 0.717) is 18.0 Å². The molecule has 4 rings (SSSR count). The van der Waals surface area contributed by atoms with Crippen LogP contribution in [-0.4, -0.2) is 28.6 Å². The molecule has 0 bridgehead atoms. The lowest BCUT2D eigenvalue weighted by atomic mass is 10.1. The Morgan fingerprint density at radius 1 is 0.919 bits per heavy atom. The van der Waals surface area contributed by atoms with Crippen molar-refractivity contribution in [3.8, 4) is 5.75 Å². The predicted molar refractivity (Wildman–Crippen MR) is 151 cm³/mol. The minimum absolute atomic E-state index is 0.0151. The number of hydrogen-bond acceptors (Lipinski definition) is 3. The van der Waals surface area contributed by atoms with Crippen LogP contribution in [-0.2, 0) is 24.2 Å². The number of fused-ring (bicyclic) bond motifs is 1. The fourth-order valence-electron chi connectivity index (χ4n) is 4.53. The number of amides is 1. The molecule has 194 valence electrons. The number of halogens is 1. The summed E-state index contributed by atoms with van der Waals surface area (Å²) in [6.07, 6.45) is 6.32. The van der Waals surface area contributed by atoms with Crippen LogP contribution in [0.1, 0.15) is 49.1 Å². The van der Waals surface area contributed by atoms with Crippen molar-refractivity contribution in [2.45, 2.75) is 58.4 Å². The minimum Gasteiger partial charge on any atom is -0.493 e. The van der Waals surface area contributed by atoms with Gasteiger partial charge < -0.3 is 14.6 Å². The Hall–Kier alpha value is -3.31. The molecule has 0 aliphatic carbocycles. The second-order valence-electron chi connectivity index (χ2n) is 9.42. The van der Waals surface area contributed by atoms with Crippen LogP contribution in [0, 0.1) is 6.92 Å². The third-order valence-electron chi connectivity index (χ3n) is 6.57. The Morgan fingerprint density at radius 2 is 1.70 bits per heavy atom. The lowest BCUT2D eigenvalue weighted by Crippen LogP contribution is -2.26. The highest BCUT2D eigenvalue weighted by Crippen LogP contribution is 2.20.